The van der Waals surface area contributed by atoms with E-state index in [9.17, 15) is 14.9 Å². The fourth-order valence-corrected chi connectivity index (χ4v) is 2.75. The number of nitrogens with one attached hydrogen (secondary N) is 1. The standard InChI is InChI=1S/C24H27N3O3/c1-17(20-8-6-5-7-9-20)16-26-23(28)18(2)30-24(29)21(15-25)14-19-10-12-22(13-11-19)27(3)4/h5-14,17-18H,16H2,1-4H3,(H,26,28)/b21-14+/t17-,18-/m1/s1. The average Bonchev–Trinajstić information content (AvgIpc) is 2.76. The van der Waals surface area contributed by atoms with Gasteiger partial charge in [-0.15, -0.1) is 0 Å². The van der Waals surface area contributed by atoms with Crippen LogP contribution in [0.3, 0.4) is 0 Å². The smallest absolute Gasteiger partial charge is 0.349 e. The molecule has 0 fully saturated rings. The van der Waals surface area contributed by atoms with Crippen LogP contribution in [-0.2, 0) is 14.3 Å². The van der Waals surface area contributed by atoms with Crippen LogP contribution in [0.15, 0.2) is 60.2 Å². The lowest BCUT2D eigenvalue weighted by Gasteiger charge is -2.16. The lowest BCUT2D eigenvalue weighted by atomic mass is 10.0. The highest BCUT2D eigenvalue weighted by Gasteiger charge is 2.21. The Kier molecular flexibility index (Phi) is 8.18. The summed E-state index contributed by atoms with van der Waals surface area (Å²) in [6, 6.07) is 19.1. The molecule has 0 aliphatic heterocycles. The molecule has 30 heavy (non-hydrogen) atoms. The fraction of sp³-hybridized carbons (Fsp3) is 0.292. The maximum atomic E-state index is 12.3. The molecule has 0 saturated carbocycles. The Morgan fingerprint density at radius 1 is 1.10 bits per heavy atom. The second kappa shape index (κ2) is 10.8. The zero-order valence-electron chi connectivity index (χ0n) is 17.8. The second-order valence-corrected chi connectivity index (χ2v) is 7.26. The van der Waals surface area contributed by atoms with E-state index in [0.717, 1.165) is 11.3 Å². The molecule has 6 nitrogen and oxygen atoms in total. The Labute approximate surface area is 177 Å². The number of hydrogen-bond acceptors (Lipinski definition) is 5. The molecule has 0 bridgehead atoms. The van der Waals surface area contributed by atoms with Gasteiger partial charge in [-0.3, -0.25) is 4.79 Å². The lowest BCUT2D eigenvalue weighted by Crippen LogP contribution is -2.37. The van der Waals surface area contributed by atoms with Gasteiger partial charge < -0.3 is 15.0 Å². The molecule has 2 aromatic carbocycles. The molecule has 1 amide bonds. The summed E-state index contributed by atoms with van der Waals surface area (Å²) >= 11 is 0. The molecule has 156 valence electrons. The normalized spacial score (nSPS) is 13.0. The topological polar surface area (TPSA) is 82.4 Å². The zero-order chi connectivity index (χ0) is 22.1. The highest BCUT2D eigenvalue weighted by Crippen LogP contribution is 2.16. The van der Waals surface area contributed by atoms with Gasteiger partial charge in [-0.1, -0.05) is 49.4 Å². The number of esters is 1. The Balaban J connectivity index is 1.93. The zero-order valence-corrected chi connectivity index (χ0v) is 17.8. The van der Waals surface area contributed by atoms with Crippen molar-refractivity contribution in [3.63, 3.8) is 0 Å². The highest BCUT2D eigenvalue weighted by atomic mass is 16.5. The third kappa shape index (κ3) is 6.49. The van der Waals surface area contributed by atoms with Gasteiger partial charge in [0.15, 0.2) is 6.10 Å². The van der Waals surface area contributed by atoms with E-state index in [4.69, 9.17) is 4.74 Å². The molecule has 2 aromatic rings. The summed E-state index contributed by atoms with van der Waals surface area (Å²) in [5, 5.41) is 12.1. The molecule has 0 aliphatic rings. The van der Waals surface area contributed by atoms with Gasteiger partial charge in [-0.2, -0.15) is 5.26 Å². The molecule has 0 unspecified atom stereocenters. The largest absolute Gasteiger partial charge is 0.448 e. The molecule has 6 heteroatoms. The van der Waals surface area contributed by atoms with Gasteiger partial charge in [-0.05, 0) is 42.2 Å². The van der Waals surface area contributed by atoms with Crippen molar-refractivity contribution in [1.29, 1.82) is 5.26 Å². The molecule has 0 heterocycles. The van der Waals surface area contributed by atoms with Crippen molar-refractivity contribution in [2.75, 3.05) is 25.5 Å². The minimum Gasteiger partial charge on any atom is -0.448 e. The number of carbonyl (C=O) groups excluding carboxylic acids is 2. The summed E-state index contributed by atoms with van der Waals surface area (Å²) in [5.74, 6) is -1.11. The van der Waals surface area contributed by atoms with Gasteiger partial charge >= 0.3 is 5.97 Å². The van der Waals surface area contributed by atoms with Gasteiger partial charge in [0, 0.05) is 26.3 Å². The molecular weight excluding hydrogens is 378 g/mol. The number of amides is 1. The van der Waals surface area contributed by atoms with Crippen molar-refractivity contribution in [1.82, 2.24) is 5.32 Å². The van der Waals surface area contributed by atoms with E-state index in [-0.39, 0.29) is 11.5 Å². The first-order valence-electron chi connectivity index (χ1n) is 9.74. The molecular formula is C24H27N3O3. The van der Waals surface area contributed by atoms with Crippen molar-refractivity contribution in [3.05, 3.63) is 71.3 Å². The first-order valence-corrected chi connectivity index (χ1v) is 9.74. The van der Waals surface area contributed by atoms with Crippen LogP contribution >= 0.6 is 0 Å². The Bertz CT molecular complexity index is 928. The number of hydrogen-bond donors (Lipinski definition) is 1. The van der Waals surface area contributed by atoms with Gasteiger partial charge in [0.1, 0.15) is 11.6 Å². The summed E-state index contributed by atoms with van der Waals surface area (Å²) in [6.45, 7) is 3.91. The van der Waals surface area contributed by atoms with E-state index < -0.39 is 18.0 Å². The number of anilines is 1. The van der Waals surface area contributed by atoms with Gasteiger partial charge in [0.25, 0.3) is 5.91 Å². The predicted octanol–water partition coefficient (Wildman–Crippen LogP) is 3.51. The summed E-state index contributed by atoms with van der Waals surface area (Å²) in [6.07, 6.45) is 0.442. The van der Waals surface area contributed by atoms with Crippen LogP contribution in [0.1, 0.15) is 30.9 Å². The SMILES string of the molecule is C[C@H](CNC(=O)[C@@H](C)OC(=O)/C(C#N)=C/c1ccc(N(C)C)cc1)c1ccccc1. The molecule has 0 saturated heterocycles. The predicted molar refractivity (Wildman–Crippen MR) is 118 cm³/mol. The lowest BCUT2D eigenvalue weighted by molar-refractivity contribution is -0.150. The van der Waals surface area contributed by atoms with E-state index in [1.807, 2.05) is 74.5 Å². The fourth-order valence-electron chi connectivity index (χ4n) is 2.75. The van der Waals surface area contributed by atoms with Crippen LogP contribution in [0, 0.1) is 11.3 Å². The number of nitrogens with zero attached hydrogens (tertiary/aromatic N) is 2. The number of carbonyl (C=O) groups is 2. The first-order chi connectivity index (χ1) is 14.3. The summed E-state index contributed by atoms with van der Waals surface area (Å²) in [4.78, 5) is 26.6. The molecule has 0 aromatic heterocycles. The van der Waals surface area contributed by atoms with E-state index in [1.165, 1.54) is 13.0 Å². The number of benzene rings is 2. The number of nitriles is 1. The van der Waals surface area contributed by atoms with Crippen molar-refractivity contribution in [2.45, 2.75) is 25.9 Å². The quantitative estimate of drug-likeness (QED) is 0.413. The van der Waals surface area contributed by atoms with E-state index in [1.54, 1.807) is 12.1 Å². The molecule has 0 aliphatic carbocycles. The summed E-state index contributed by atoms with van der Waals surface area (Å²) < 4.78 is 5.19. The van der Waals surface area contributed by atoms with Gasteiger partial charge in [0.2, 0.25) is 0 Å². The van der Waals surface area contributed by atoms with Crippen LogP contribution < -0.4 is 10.2 Å². The first kappa shape index (κ1) is 22.7. The van der Waals surface area contributed by atoms with Gasteiger partial charge in [-0.25, -0.2) is 4.79 Å². The third-order valence-electron chi connectivity index (χ3n) is 4.66. The summed E-state index contributed by atoms with van der Waals surface area (Å²) in [5.41, 5.74) is 2.65. The number of rotatable bonds is 8. The Hall–Kier alpha value is -3.59. The van der Waals surface area contributed by atoms with Crippen LogP contribution in [0.25, 0.3) is 6.08 Å². The van der Waals surface area contributed by atoms with Crippen molar-refractivity contribution >= 4 is 23.6 Å². The van der Waals surface area contributed by atoms with E-state index >= 15 is 0 Å². The minimum absolute atomic E-state index is 0.123. The Morgan fingerprint density at radius 2 is 1.73 bits per heavy atom. The van der Waals surface area contributed by atoms with Crippen molar-refractivity contribution in [3.8, 4) is 6.07 Å². The summed E-state index contributed by atoms with van der Waals surface area (Å²) in [7, 11) is 3.85. The Morgan fingerprint density at radius 3 is 2.30 bits per heavy atom. The average molecular weight is 405 g/mol. The van der Waals surface area contributed by atoms with Gasteiger partial charge in [0.05, 0.1) is 0 Å². The maximum Gasteiger partial charge on any atom is 0.349 e. The van der Waals surface area contributed by atoms with Crippen LogP contribution in [-0.4, -0.2) is 38.6 Å². The highest BCUT2D eigenvalue weighted by molar-refractivity contribution is 5.99. The van der Waals surface area contributed by atoms with Crippen LogP contribution in [0.2, 0.25) is 0 Å². The van der Waals surface area contributed by atoms with Crippen molar-refractivity contribution < 1.29 is 14.3 Å². The minimum atomic E-state index is -1.01. The molecule has 2 rings (SSSR count). The molecule has 0 spiro atoms. The molecule has 1 N–H and O–H groups in total. The monoisotopic (exact) mass is 405 g/mol. The van der Waals surface area contributed by atoms with Crippen molar-refractivity contribution in [2.24, 2.45) is 0 Å². The van der Waals surface area contributed by atoms with E-state index in [0.29, 0.717) is 12.1 Å². The third-order valence-corrected chi connectivity index (χ3v) is 4.66. The molecule has 0 radical (unpaired) electrons. The van der Waals surface area contributed by atoms with Crippen LogP contribution in [0.4, 0.5) is 5.69 Å². The van der Waals surface area contributed by atoms with E-state index in [2.05, 4.69) is 5.32 Å². The number of ether oxygens (including phenoxy) is 1. The molecule has 2 atom stereocenters. The van der Waals surface area contributed by atoms with Crippen LogP contribution in [0.5, 0.6) is 0 Å². The maximum absolute atomic E-state index is 12.3. The second-order valence-electron chi connectivity index (χ2n) is 7.26.